The summed E-state index contributed by atoms with van der Waals surface area (Å²) in [6, 6.07) is 6.39. The fourth-order valence-electron chi connectivity index (χ4n) is 2.81. The summed E-state index contributed by atoms with van der Waals surface area (Å²) in [5, 5.41) is 3.19. The van der Waals surface area contributed by atoms with Crippen LogP contribution in [-0.2, 0) is 4.79 Å². The molecule has 0 bridgehead atoms. The predicted molar refractivity (Wildman–Crippen MR) is 76.2 cm³/mol. The summed E-state index contributed by atoms with van der Waals surface area (Å²) in [7, 11) is 0. The molecule has 1 amide bonds. The number of hydrogen-bond donors (Lipinski definition) is 1. The third-order valence-electron chi connectivity index (χ3n) is 3.64. The number of piperazine rings is 1. The van der Waals surface area contributed by atoms with E-state index in [1.807, 2.05) is 17.0 Å². The Kier molecular flexibility index (Phi) is 3.03. The molecule has 1 saturated heterocycles. The van der Waals surface area contributed by atoms with Crippen molar-refractivity contribution in [2.45, 2.75) is 13.0 Å². The molecule has 2 heterocycles. The van der Waals surface area contributed by atoms with Crippen molar-refractivity contribution in [3.05, 3.63) is 22.7 Å². The van der Waals surface area contributed by atoms with Crippen molar-refractivity contribution in [2.75, 3.05) is 36.0 Å². The summed E-state index contributed by atoms with van der Waals surface area (Å²) in [4.78, 5) is 16.4. The molecule has 3 rings (SSSR count). The number of carbonyl (C=O) groups excluding carboxylic acids is 1. The minimum absolute atomic E-state index is 0.172. The number of carbonyl (C=O) groups is 1. The van der Waals surface area contributed by atoms with Crippen LogP contribution in [-0.4, -0.2) is 38.1 Å². The SMILES string of the molecule is CCN1CC2CNCC(=O)N2c2ccc(Br)cc21. The first-order valence-corrected chi connectivity index (χ1v) is 7.07. The molecule has 2 aliphatic rings. The molecule has 0 aliphatic carbocycles. The maximum atomic E-state index is 12.1. The first kappa shape index (κ1) is 12.0. The Balaban J connectivity index is 2.09. The van der Waals surface area contributed by atoms with Gasteiger partial charge in [0.25, 0.3) is 0 Å². The lowest BCUT2D eigenvalue weighted by Gasteiger charge is -2.45. The molecule has 1 N–H and O–H groups in total. The van der Waals surface area contributed by atoms with Gasteiger partial charge < -0.3 is 15.1 Å². The lowest BCUT2D eigenvalue weighted by molar-refractivity contribution is -0.119. The third-order valence-corrected chi connectivity index (χ3v) is 4.13. The molecule has 1 unspecified atom stereocenters. The average molecular weight is 310 g/mol. The molecular formula is C13H16BrN3O. The fourth-order valence-corrected chi connectivity index (χ4v) is 3.16. The van der Waals surface area contributed by atoms with Gasteiger partial charge >= 0.3 is 0 Å². The average Bonchev–Trinajstić information content (AvgIpc) is 2.37. The van der Waals surface area contributed by atoms with E-state index in [4.69, 9.17) is 0 Å². The Hall–Kier alpha value is -1.07. The highest BCUT2D eigenvalue weighted by Crippen LogP contribution is 2.37. The number of benzene rings is 1. The highest BCUT2D eigenvalue weighted by atomic mass is 79.9. The van der Waals surface area contributed by atoms with E-state index in [1.54, 1.807) is 0 Å². The molecule has 18 heavy (non-hydrogen) atoms. The van der Waals surface area contributed by atoms with Crippen LogP contribution in [0.3, 0.4) is 0 Å². The van der Waals surface area contributed by atoms with Gasteiger partial charge in [0.1, 0.15) is 0 Å². The Morgan fingerprint density at radius 2 is 2.28 bits per heavy atom. The third kappa shape index (κ3) is 1.82. The molecule has 1 atom stereocenters. The zero-order chi connectivity index (χ0) is 12.7. The number of likely N-dealkylation sites (N-methyl/N-ethyl adjacent to an activating group) is 1. The second kappa shape index (κ2) is 4.55. The van der Waals surface area contributed by atoms with E-state index in [-0.39, 0.29) is 11.9 Å². The van der Waals surface area contributed by atoms with Crippen LogP contribution < -0.4 is 15.1 Å². The number of anilines is 2. The van der Waals surface area contributed by atoms with Gasteiger partial charge in [-0.25, -0.2) is 0 Å². The Morgan fingerprint density at radius 1 is 1.44 bits per heavy atom. The van der Waals surface area contributed by atoms with Crippen LogP contribution >= 0.6 is 15.9 Å². The zero-order valence-electron chi connectivity index (χ0n) is 10.3. The summed E-state index contributed by atoms with van der Waals surface area (Å²) >= 11 is 3.51. The van der Waals surface area contributed by atoms with E-state index in [9.17, 15) is 4.79 Å². The topological polar surface area (TPSA) is 35.6 Å². The van der Waals surface area contributed by atoms with Gasteiger partial charge in [-0.3, -0.25) is 4.79 Å². The van der Waals surface area contributed by atoms with Gasteiger partial charge in [-0.2, -0.15) is 0 Å². The lowest BCUT2D eigenvalue weighted by Crippen LogP contribution is -2.61. The molecule has 5 heteroatoms. The minimum Gasteiger partial charge on any atom is -0.368 e. The van der Waals surface area contributed by atoms with E-state index in [2.05, 4.69) is 39.1 Å². The van der Waals surface area contributed by atoms with Gasteiger partial charge in [-0.05, 0) is 25.1 Å². The van der Waals surface area contributed by atoms with Crippen molar-refractivity contribution in [1.29, 1.82) is 0 Å². The van der Waals surface area contributed by atoms with Crippen molar-refractivity contribution in [2.24, 2.45) is 0 Å². The van der Waals surface area contributed by atoms with Crippen molar-refractivity contribution >= 4 is 33.2 Å². The smallest absolute Gasteiger partial charge is 0.241 e. The maximum Gasteiger partial charge on any atom is 0.241 e. The van der Waals surface area contributed by atoms with E-state index < -0.39 is 0 Å². The van der Waals surface area contributed by atoms with E-state index in [0.29, 0.717) is 6.54 Å². The van der Waals surface area contributed by atoms with Crippen molar-refractivity contribution in [1.82, 2.24) is 5.32 Å². The van der Waals surface area contributed by atoms with Crippen LogP contribution in [0, 0.1) is 0 Å². The number of fused-ring (bicyclic) bond motifs is 3. The molecule has 4 nitrogen and oxygen atoms in total. The largest absolute Gasteiger partial charge is 0.368 e. The van der Waals surface area contributed by atoms with Crippen LogP contribution in [0.1, 0.15) is 6.92 Å². The lowest BCUT2D eigenvalue weighted by atomic mass is 10.0. The number of rotatable bonds is 1. The van der Waals surface area contributed by atoms with Crippen molar-refractivity contribution in [3.8, 4) is 0 Å². The van der Waals surface area contributed by atoms with Gasteiger partial charge in [-0.1, -0.05) is 15.9 Å². The van der Waals surface area contributed by atoms with Crippen LogP contribution in [0.4, 0.5) is 11.4 Å². The number of amides is 1. The van der Waals surface area contributed by atoms with Crippen LogP contribution in [0.15, 0.2) is 22.7 Å². The maximum absolute atomic E-state index is 12.1. The highest BCUT2D eigenvalue weighted by molar-refractivity contribution is 9.10. The van der Waals surface area contributed by atoms with Gasteiger partial charge in [0.2, 0.25) is 5.91 Å². The summed E-state index contributed by atoms with van der Waals surface area (Å²) in [5.74, 6) is 0.172. The fraction of sp³-hybridized carbons (Fsp3) is 0.462. The van der Waals surface area contributed by atoms with E-state index in [1.165, 1.54) is 0 Å². The number of halogens is 1. The number of nitrogens with zero attached hydrogens (tertiary/aromatic N) is 2. The molecule has 0 aromatic heterocycles. The Labute approximate surface area is 115 Å². The van der Waals surface area contributed by atoms with Gasteiger partial charge in [0, 0.05) is 24.1 Å². The van der Waals surface area contributed by atoms with Crippen LogP contribution in [0.2, 0.25) is 0 Å². The number of hydrogen-bond acceptors (Lipinski definition) is 3. The standard InChI is InChI=1S/C13H16BrN3O/c1-2-16-8-10-6-15-7-13(18)17(10)11-4-3-9(14)5-12(11)16/h3-5,10,15H,2,6-8H2,1H3. The number of nitrogens with one attached hydrogen (secondary N) is 1. The quantitative estimate of drug-likeness (QED) is 0.856. The monoisotopic (exact) mass is 309 g/mol. The highest BCUT2D eigenvalue weighted by Gasteiger charge is 2.36. The second-order valence-corrected chi connectivity index (χ2v) is 5.64. The molecule has 0 radical (unpaired) electrons. The van der Waals surface area contributed by atoms with Crippen molar-refractivity contribution < 1.29 is 4.79 Å². The summed E-state index contributed by atoms with van der Waals surface area (Å²) in [6.07, 6.45) is 0. The van der Waals surface area contributed by atoms with Crippen LogP contribution in [0.5, 0.6) is 0 Å². The molecular weight excluding hydrogens is 294 g/mol. The first-order chi connectivity index (χ1) is 8.70. The van der Waals surface area contributed by atoms with Gasteiger partial charge in [0.05, 0.1) is 24.0 Å². The Bertz CT molecular complexity index is 491. The molecule has 0 spiro atoms. The first-order valence-electron chi connectivity index (χ1n) is 6.28. The predicted octanol–water partition coefficient (Wildman–Crippen LogP) is 1.59. The molecule has 1 fully saturated rings. The molecule has 96 valence electrons. The van der Waals surface area contributed by atoms with E-state index in [0.717, 1.165) is 35.5 Å². The normalized spacial score (nSPS) is 22.8. The van der Waals surface area contributed by atoms with Gasteiger partial charge in [-0.15, -0.1) is 0 Å². The minimum atomic E-state index is 0.172. The molecule has 1 aromatic rings. The van der Waals surface area contributed by atoms with Gasteiger partial charge in [0.15, 0.2) is 0 Å². The Morgan fingerprint density at radius 3 is 3.06 bits per heavy atom. The summed E-state index contributed by atoms with van der Waals surface area (Å²) in [5.41, 5.74) is 2.20. The zero-order valence-corrected chi connectivity index (χ0v) is 11.9. The summed E-state index contributed by atoms with van der Waals surface area (Å²) < 4.78 is 1.06. The molecule has 1 aromatic carbocycles. The summed E-state index contributed by atoms with van der Waals surface area (Å²) in [6.45, 7) is 5.33. The molecule has 0 saturated carbocycles. The second-order valence-electron chi connectivity index (χ2n) is 4.72. The van der Waals surface area contributed by atoms with E-state index >= 15 is 0 Å². The molecule has 2 aliphatic heterocycles. The van der Waals surface area contributed by atoms with Crippen LogP contribution in [0.25, 0.3) is 0 Å². The van der Waals surface area contributed by atoms with Crippen molar-refractivity contribution in [3.63, 3.8) is 0 Å².